The predicted molar refractivity (Wildman–Crippen MR) is 88.2 cm³/mol. The van der Waals surface area contributed by atoms with Crippen LogP contribution in [0.25, 0.3) is 0 Å². The summed E-state index contributed by atoms with van der Waals surface area (Å²) in [5.74, 6) is 0. The number of benzene rings is 2. The summed E-state index contributed by atoms with van der Waals surface area (Å²) in [5.41, 5.74) is 1.95. The van der Waals surface area contributed by atoms with E-state index >= 15 is 0 Å². The van der Waals surface area contributed by atoms with E-state index in [0.717, 1.165) is 16.1 Å². The average Bonchev–Trinajstić information content (AvgIpc) is 2.43. The molecule has 0 aliphatic carbocycles. The Balaban J connectivity index is 2.09. The van der Waals surface area contributed by atoms with Gasteiger partial charge in [-0.1, -0.05) is 58.5 Å². The number of nitrogens with one attached hydrogen (secondary N) is 1. The standard InChI is InChI=1S/C15H13Cl4N/c1-9(10-2-4-11(16)5-3-10)20-8-12-13(17)6-7-14(18)15(12)19/h2-7,9,20H,8H2,1H3/t9-/m1/s1. The number of halogens is 4. The zero-order chi connectivity index (χ0) is 14.7. The van der Waals surface area contributed by atoms with Crippen molar-refractivity contribution in [2.75, 3.05) is 0 Å². The van der Waals surface area contributed by atoms with Gasteiger partial charge in [-0.25, -0.2) is 0 Å². The van der Waals surface area contributed by atoms with Gasteiger partial charge in [-0.15, -0.1) is 0 Å². The molecule has 0 aromatic heterocycles. The summed E-state index contributed by atoms with van der Waals surface area (Å²) in [6.07, 6.45) is 0. The maximum atomic E-state index is 6.17. The summed E-state index contributed by atoms with van der Waals surface area (Å²) in [5, 5.41) is 5.71. The van der Waals surface area contributed by atoms with Gasteiger partial charge in [0.1, 0.15) is 0 Å². The second-order valence-electron chi connectivity index (χ2n) is 4.48. The van der Waals surface area contributed by atoms with Crippen LogP contribution >= 0.6 is 46.4 Å². The lowest BCUT2D eigenvalue weighted by molar-refractivity contribution is 0.575. The lowest BCUT2D eigenvalue weighted by Gasteiger charge is -2.16. The van der Waals surface area contributed by atoms with Crippen molar-refractivity contribution in [2.45, 2.75) is 19.5 Å². The summed E-state index contributed by atoms with van der Waals surface area (Å²) in [6.45, 7) is 2.61. The molecule has 0 radical (unpaired) electrons. The van der Waals surface area contributed by atoms with Crippen molar-refractivity contribution in [3.05, 3.63) is 67.6 Å². The summed E-state index contributed by atoms with van der Waals surface area (Å²) >= 11 is 24.2. The van der Waals surface area contributed by atoms with Crippen LogP contribution in [0.1, 0.15) is 24.1 Å². The Hall–Kier alpha value is -0.440. The highest BCUT2D eigenvalue weighted by atomic mass is 35.5. The number of hydrogen-bond donors (Lipinski definition) is 1. The Morgan fingerprint density at radius 1 is 0.900 bits per heavy atom. The monoisotopic (exact) mass is 347 g/mol. The van der Waals surface area contributed by atoms with Crippen LogP contribution in [0, 0.1) is 0 Å². The van der Waals surface area contributed by atoms with Crippen LogP contribution in [0.4, 0.5) is 0 Å². The van der Waals surface area contributed by atoms with E-state index in [4.69, 9.17) is 46.4 Å². The third-order valence-electron chi connectivity index (χ3n) is 3.09. The van der Waals surface area contributed by atoms with Crippen LogP contribution in [-0.2, 0) is 6.54 Å². The smallest absolute Gasteiger partial charge is 0.0652 e. The average molecular weight is 349 g/mol. The zero-order valence-electron chi connectivity index (χ0n) is 10.8. The first-order valence-electron chi connectivity index (χ1n) is 6.10. The topological polar surface area (TPSA) is 12.0 Å². The number of hydrogen-bond acceptors (Lipinski definition) is 1. The van der Waals surface area contributed by atoms with Crippen molar-refractivity contribution in [3.63, 3.8) is 0 Å². The van der Waals surface area contributed by atoms with E-state index in [2.05, 4.69) is 12.2 Å². The van der Waals surface area contributed by atoms with Gasteiger partial charge < -0.3 is 5.32 Å². The summed E-state index contributed by atoms with van der Waals surface area (Å²) in [7, 11) is 0. The normalized spacial score (nSPS) is 12.4. The minimum atomic E-state index is 0.151. The third kappa shape index (κ3) is 3.81. The molecule has 1 atom stereocenters. The highest BCUT2D eigenvalue weighted by Gasteiger charge is 2.11. The van der Waals surface area contributed by atoms with Crippen LogP contribution in [0.3, 0.4) is 0 Å². The Morgan fingerprint density at radius 3 is 2.15 bits per heavy atom. The van der Waals surface area contributed by atoms with Gasteiger partial charge in [0.2, 0.25) is 0 Å². The fourth-order valence-corrected chi connectivity index (χ4v) is 2.66. The molecule has 2 aromatic rings. The van der Waals surface area contributed by atoms with Gasteiger partial charge in [0, 0.05) is 28.2 Å². The first-order chi connectivity index (χ1) is 9.49. The fourth-order valence-electron chi connectivity index (χ4n) is 1.86. The zero-order valence-corrected chi connectivity index (χ0v) is 13.8. The van der Waals surface area contributed by atoms with Gasteiger partial charge in [0.25, 0.3) is 0 Å². The van der Waals surface area contributed by atoms with E-state index in [1.54, 1.807) is 12.1 Å². The predicted octanol–water partition coefficient (Wildman–Crippen LogP) is 6.15. The molecule has 2 rings (SSSR count). The molecule has 5 heteroatoms. The molecule has 0 amide bonds. The molecule has 0 fully saturated rings. The van der Waals surface area contributed by atoms with E-state index in [1.807, 2.05) is 24.3 Å². The van der Waals surface area contributed by atoms with Crippen molar-refractivity contribution in [2.24, 2.45) is 0 Å². The minimum absolute atomic E-state index is 0.151. The molecule has 0 aliphatic heterocycles. The maximum Gasteiger partial charge on any atom is 0.0652 e. The van der Waals surface area contributed by atoms with Crippen LogP contribution in [0.15, 0.2) is 36.4 Å². The van der Waals surface area contributed by atoms with Crippen LogP contribution in [0.2, 0.25) is 20.1 Å². The van der Waals surface area contributed by atoms with E-state index < -0.39 is 0 Å². The molecule has 0 saturated heterocycles. The molecule has 0 heterocycles. The summed E-state index contributed by atoms with van der Waals surface area (Å²) < 4.78 is 0. The molecule has 1 nitrogen and oxygen atoms in total. The molecular formula is C15H13Cl4N. The van der Waals surface area contributed by atoms with E-state index in [-0.39, 0.29) is 6.04 Å². The highest BCUT2D eigenvalue weighted by Crippen LogP contribution is 2.31. The van der Waals surface area contributed by atoms with Gasteiger partial charge in [0.15, 0.2) is 0 Å². The minimum Gasteiger partial charge on any atom is -0.306 e. The van der Waals surface area contributed by atoms with E-state index in [0.29, 0.717) is 21.6 Å². The molecule has 20 heavy (non-hydrogen) atoms. The van der Waals surface area contributed by atoms with E-state index in [9.17, 15) is 0 Å². The van der Waals surface area contributed by atoms with Crippen molar-refractivity contribution in [1.82, 2.24) is 5.32 Å². The van der Waals surface area contributed by atoms with Gasteiger partial charge in [-0.2, -0.15) is 0 Å². The molecule has 1 N–H and O–H groups in total. The second kappa shape index (κ2) is 7.02. The Kier molecular flexibility index (Phi) is 5.59. The lowest BCUT2D eigenvalue weighted by Crippen LogP contribution is -2.18. The third-order valence-corrected chi connectivity index (χ3v) is 4.54. The number of rotatable bonds is 4. The molecule has 0 spiro atoms. The lowest BCUT2D eigenvalue weighted by atomic mass is 10.1. The van der Waals surface area contributed by atoms with Crippen LogP contribution in [-0.4, -0.2) is 0 Å². The Bertz CT molecular complexity index is 596. The summed E-state index contributed by atoms with van der Waals surface area (Å²) in [6, 6.07) is 11.3. The van der Waals surface area contributed by atoms with Crippen molar-refractivity contribution < 1.29 is 0 Å². The fraction of sp³-hybridized carbons (Fsp3) is 0.200. The molecule has 0 saturated carbocycles. The molecule has 0 aliphatic rings. The molecular weight excluding hydrogens is 336 g/mol. The first-order valence-corrected chi connectivity index (χ1v) is 7.61. The molecule has 0 bridgehead atoms. The van der Waals surface area contributed by atoms with Crippen molar-refractivity contribution in [3.8, 4) is 0 Å². The highest BCUT2D eigenvalue weighted by molar-refractivity contribution is 6.44. The van der Waals surface area contributed by atoms with Gasteiger partial charge in [-0.3, -0.25) is 0 Å². The second-order valence-corrected chi connectivity index (χ2v) is 6.10. The van der Waals surface area contributed by atoms with Crippen molar-refractivity contribution in [1.29, 1.82) is 0 Å². The quantitative estimate of drug-likeness (QED) is 0.653. The van der Waals surface area contributed by atoms with Crippen LogP contribution in [0.5, 0.6) is 0 Å². The van der Waals surface area contributed by atoms with Crippen molar-refractivity contribution >= 4 is 46.4 Å². The first kappa shape index (κ1) is 15.9. The maximum absolute atomic E-state index is 6.17. The Morgan fingerprint density at radius 2 is 1.50 bits per heavy atom. The summed E-state index contributed by atoms with van der Waals surface area (Å²) in [4.78, 5) is 0. The van der Waals surface area contributed by atoms with Gasteiger partial charge in [-0.05, 0) is 36.8 Å². The molecule has 0 unspecified atom stereocenters. The van der Waals surface area contributed by atoms with Crippen LogP contribution < -0.4 is 5.32 Å². The molecule has 2 aromatic carbocycles. The van der Waals surface area contributed by atoms with Gasteiger partial charge in [0.05, 0.1) is 10.0 Å². The Labute approximate surface area is 138 Å². The molecule has 106 valence electrons. The largest absolute Gasteiger partial charge is 0.306 e. The SMILES string of the molecule is C[C@@H](NCc1c(Cl)ccc(Cl)c1Cl)c1ccc(Cl)cc1. The van der Waals surface area contributed by atoms with Gasteiger partial charge >= 0.3 is 0 Å². The van der Waals surface area contributed by atoms with E-state index in [1.165, 1.54) is 0 Å².